The van der Waals surface area contributed by atoms with Gasteiger partial charge in [0.15, 0.2) is 6.61 Å². The van der Waals surface area contributed by atoms with Crippen molar-refractivity contribution >= 4 is 17.0 Å². The Kier molecular flexibility index (Phi) is 4.54. The number of aromatic nitrogens is 3. The molecule has 0 saturated heterocycles. The number of halogens is 3. The Balaban J connectivity index is 2.12. The molecule has 0 amide bonds. The molecule has 2 heterocycles. The summed E-state index contributed by atoms with van der Waals surface area (Å²) in [4.78, 5) is 22.9. The van der Waals surface area contributed by atoms with Crippen LogP contribution in [0.25, 0.3) is 22.3 Å². The molecule has 0 aliphatic rings. The monoisotopic (exact) mass is 365 g/mol. The number of nitrogens with one attached hydrogen (secondary N) is 1. The average molecular weight is 365 g/mol. The molecule has 0 aliphatic heterocycles. The number of aromatic carboxylic acids is 1. The lowest BCUT2D eigenvalue weighted by Crippen LogP contribution is -2.19. The number of fused-ring (bicyclic) bond motifs is 1. The topological polar surface area (TPSA) is 88.1 Å². The van der Waals surface area contributed by atoms with Crippen molar-refractivity contribution in [3.05, 3.63) is 41.9 Å². The van der Waals surface area contributed by atoms with Crippen molar-refractivity contribution in [2.75, 3.05) is 6.61 Å². The van der Waals surface area contributed by atoms with Gasteiger partial charge in [-0.3, -0.25) is 0 Å². The zero-order valence-electron chi connectivity index (χ0n) is 13.6. The van der Waals surface area contributed by atoms with E-state index in [9.17, 15) is 23.1 Å². The molecule has 26 heavy (non-hydrogen) atoms. The van der Waals surface area contributed by atoms with Gasteiger partial charge in [0, 0.05) is 18.2 Å². The summed E-state index contributed by atoms with van der Waals surface area (Å²) in [6, 6.07) is 5.93. The van der Waals surface area contributed by atoms with Crippen LogP contribution in [-0.4, -0.2) is 38.8 Å². The van der Waals surface area contributed by atoms with Crippen molar-refractivity contribution in [3.8, 4) is 17.0 Å². The number of carbonyl (C=O) groups is 1. The number of aromatic amines is 1. The van der Waals surface area contributed by atoms with Gasteiger partial charge in [0.1, 0.15) is 17.2 Å². The molecule has 3 rings (SSSR count). The fourth-order valence-corrected chi connectivity index (χ4v) is 2.51. The number of nitrogens with zero attached hydrogens (tertiary/aromatic N) is 2. The van der Waals surface area contributed by atoms with Gasteiger partial charge in [0.25, 0.3) is 0 Å². The zero-order chi connectivity index (χ0) is 18.9. The molecule has 1 aromatic carbocycles. The lowest BCUT2D eigenvalue weighted by Gasteiger charge is -2.11. The Morgan fingerprint density at radius 3 is 2.73 bits per heavy atom. The van der Waals surface area contributed by atoms with E-state index < -0.39 is 18.8 Å². The number of aryl methyl sites for hydroxylation is 1. The van der Waals surface area contributed by atoms with Gasteiger partial charge in [-0.15, -0.1) is 0 Å². The normalized spacial score (nSPS) is 11.7. The minimum atomic E-state index is -4.45. The highest BCUT2D eigenvalue weighted by Crippen LogP contribution is 2.31. The third kappa shape index (κ3) is 3.61. The van der Waals surface area contributed by atoms with Gasteiger partial charge in [0.05, 0.1) is 16.6 Å². The largest absolute Gasteiger partial charge is 0.484 e. The number of benzene rings is 1. The fraction of sp³-hybridized carbons (Fsp3) is 0.235. The van der Waals surface area contributed by atoms with Crippen LogP contribution in [0.4, 0.5) is 13.2 Å². The van der Waals surface area contributed by atoms with Crippen LogP contribution in [0.5, 0.6) is 5.75 Å². The molecule has 0 aliphatic carbocycles. The molecule has 2 N–H and O–H groups in total. The fourth-order valence-electron chi connectivity index (χ4n) is 2.51. The highest BCUT2D eigenvalue weighted by molar-refractivity contribution is 6.07. The Bertz CT molecular complexity index is 967. The second-order valence-electron chi connectivity index (χ2n) is 5.50. The van der Waals surface area contributed by atoms with E-state index in [-0.39, 0.29) is 11.3 Å². The Morgan fingerprint density at radius 1 is 1.31 bits per heavy atom. The van der Waals surface area contributed by atoms with E-state index in [0.717, 1.165) is 0 Å². The van der Waals surface area contributed by atoms with Gasteiger partial charge in [-0.25, -0.2) is 14.8 Å². The molecule has 0 radical (unpaired) electrons. The minimum absolute atomic E-state index is 0.0112. The number of carboxylic acids is 1. The molecule has 136 valence electrons. The van der Waals surface area contributed by atoms with Gasteiger partial charge < -0.3 is 14.8 Å². The number of H-pyrrole nitrogens is 1. The number of alkyl halides is 3. The third-order valence-corrected chi connectivity index (χ3v) is 3.63. The van der Waals surface area contributed by atoms with Gasteiger partial charge >= 0.3 is 12.1 Å². The Hall–Kier alpha value is -3.10. The van der Waals surface area contributed by atoms with Crippen LogP contribution in [-0.2, 0) is 6.42 Å². The average Bonchev–Trinajstić information content (AvgIpc) is 3.03. The summed E-state index contributed by atoms with van der Waals surface area (Å²) < 4.78 is 41.8. The highest BCUT2D eigenvalue weighted by atomic mass is 19.4. The van der Waals surface area contributed by atoms with E-state index >= 15 is 0 Å². The van der Waals surface area contributed by atoms with Gasteiger partial charge in [-0.05, 0) is 12.1 Å². The molecular weight excluding hydrogens is 351 g/mol. The van der Waals surface area contributed by atoms with Crippen molar-refractivity contribution in [1.29, 1.82) is 0 Å². The van der Waals surface area contributed by atoms with Crippen molar-refractivity contribution in [2.45, 2.75) is 19.5 Å². The molecular formula is C17H14F3N3O3. The lowest BCUT2D eigenvalue weighted by molar-refractivity contribution is -0.153. The molecule has 0 saturated carbocycles. The predicted molar refractivity (Wildman–Crippen MR) is 87.2 cm³/mol. The summed E-state index contributed by atoms with van der Waals surface area (Å²) >= 11 is 0. The smallest absolute Gasteiger partial charge is 0.422 e. The zero-order valence-corrected chi connectivity index (χ0v) is 13.6. The number of ether oxygens (including phenoxy) is 1. The quantitative estimate of drug-likeness (QED) is 0.717. The number of rotatable bonds is 5. The van der Waals surface area contributed by atoms with Crippen LogP contribution >= 0.6 is 0 Å². The molecule has 2 aromatic heterocycles. The number of hydrogen-bond acceptors (Lipinski definition) is 4. The predicted octanol–water partition coefficient (Wildman–Crippen LogP) is 3.83. The van der Waals surface area contributed by atoms with Crippen molar-refractivity contribution in [2.24, 2.45) is 0 Å². The molecule has 6 nitrogen and oxygen atoms in total. The summed E-state index contributed by atoms with van der Waals surface area (Å²) in [5.41, 5.74) is 1.10. The summed E-state index contributed by atoms with van der Waals surface area (Å²) in [7, 11) is 0. The molecule has 3 aromatic rings. The maximum absolute atomic E-state index is 12.4. The highest BCUT2D eigenvalue weighted by Gasteiger charge is 2.28. The van der Waals surface area contributed by atoms with E-state index in [2.05, 4.69) is 15.0 Å². The van der Waals surface area contributed by atoms with E-state index in [1.54, 1.807) is 6.07 Å². The maximum Gasteiger partial charge on any atom is 0.422 e. The SMILES string of the molecule is CCc1nc(-c2cccc(OCC(F)(F)F)c2)c2c(C(=O)O)c[nH]c2n1. The Labute approximate surface area is 145 Å². The maximum atomic E-state index is 12.4. The first-order valence-corrected chi connectivity index (χ1v) is 7.69. The standard InChI is InChI=1S/C17H14F3N3O3/c1-2-12-22-14(13-11(16(24)25)7-21-15(13)23-12)9-4-3-5-10(6-9)26-8-17(18,19)20/h3-7H,2,8H2,1H3,(H,24,25)(H,21,22,23). The minimum Gasteiger partial charge on any atom is -0.484 e. The van der Waals surface area contributed by atoms with Crippen LogP contribution in [0, 0.1) is 0 Å². The molecule has 9 heteroatoms. The summed E-state index contributed by atoms with van der Waals surface area (Å²) in [6.07, 6.45) is -2.63. The second kappa shape index (κ2) is 6.66. The number of carboxylic acid groups (broad SMARTS) is 1. The van der Waals surface area contributed by atoms with Crippen LogP contribution in [0.15, 0.2) is 30.5 Å². The van der Waals surface area contributed by atoms with Crippen LogP contribution in [0.2, 0.25) is 0 Å². The molecule has 0 fully saturated rings. The first-order chi connectivity index (χ1) is 12.3. The van der Waals surface area contributed by atoms with Crippen molar-refractivity contribution in [3.63, 3.8) is 0 Å². The van der Waals surface area contributed by atoms with Crippen LogP contribution < -0.4 is 4.74 Å². The van der Waals surface area contributed by atoms with Crippen LogP contribution in [0.1, 0.15) is 23.1 Å². The van der Waals surface area contributed by atoms with E-state index in [0.29, 0.717) is 34.5 Å². The molecule has 0 spiro atoms. The van der Waals surface area contributed by atoms with E-state index in [1.807, 2.05) is 6.92 Å². The number of hydrogen-bond donors (Lipinski definition) is 2. The summed E-state index contributed by atoms with van der Waals surface area (Å²) in [5.74, 6) is -0.667. The summed E-state index contributed by atoms with van der Waals surface area (Å²) in [6.45, 7) is 0.426. The third-order valence-electron chi connectivity index (χ3n) is 3.63. The second-order valence-corrected chi connectivity index (χ2v) is 5.50. The van der Waals surface area contributed by atoms with Crippen molar-refractivity contribution in [1.82, 2.24) is 15.0 Å². The van der Waals surface area contributed by atoms with Crippen molar-refractivity contribution < 1.29 is 27.8 Å². The first-order valence-electron chi connectivity index (χ1n) is 7.69. The molecule has 0 atom stereocenters. The van der Waals surface area contributed by atoms with Gasteiger partial charge in [0.2, 0.25) is 0 Å². The first kappa shape index (κ1) is 17.7. The van der Waals surface area contributed by atoms with E-state index in [4.69, 9.17) is 4.74 Å². The molecule has 0 bridgehead atoms. The van der Waals surface area contributed by atoms with E-state index in [1.165, 1.54) is 24.4 Å². The van der Waals surface area contributed by atoms with Gasteiger partial charge in [-0.2, -0.15) is 13.2 Å². The lowest BCUT2D eigenvalue weighted by atomic mass is 10.1. The van der Waals surface area contributed by atoms with Gasteiger partial charge in [-0.1, -0.05) is 19.1 Å². The Morgan fingerprint density at radius 2 is 2.08 bits per heavy atom. The van der Waals surface area contributed by atoms with Crippen LogP contribution in [0.3, 0.4) is 0 Å². The summed E-state index contributed by atoms with van der Waals surface area (Å²) in [5, 5.41) is 9.67. The molecule has 0 unspecified atom stereocenters.